The summed E-state index contributed by atoms with van der Waals surface area (Å²) in [5, 5.41) is 9.74. The number of aliphatic hydroxyl groups excluding tert-OH is 1. The van der Waals surface area contributed by atoms with Crippen molar-refractivity contribution in [2.24, 2.45) is 0 Å². The lowest BCUT2D eigenvalue weighted by Crippen LogP contribution is -2.32. The smallest absolute Gasteiger partial charge is 0.0781 e. The van der Waals surface area contributed by atoms with Crippen LogP contribution in [0.4, 0.5) is 5.69 Å². The maximum absolute atomic E-state index is 9.74. The van der Waals surface area contributed by atoms with Crippen LogP contribution >= 0.6 is 0 Å². The number of hydrogen-bond donors (Lipinski definition) is 1. The Balaban J connectivity index is 2.24. The zero-order chi connectivity index (χ0) is 11.5. The van der Waals surface area contributed by atoms with E-state index in [9.17, 15) is 5.11 Å². The molecule has 0 amide bonds. The summed E-state index contributed by atoms with van der Waals surface area (Å²) in [6.07, 6.45) is 0.631. The minimum atomic E-state index is -0.430. The van der Waals surface area contributed by atoms with Crippen molar-refractivity contribution in [3.8, 4) is 0 Å². The zero-order valence-corrected chi connectivity index (χ0v) is 9.89. The average molecular weight is 221 g/mol. The molecule has 0 saturated carbocycles. The SMILES string of the molecule is CC(O)c1ccccc1N(C)C1CCOC1. The number of hydrogen-bond acceptors (Lipinski definition) is 3. The summed E-state index contributed by atoms with van der Waals surface area (Å²) < 4.78 is 5.40. The lowest BCUT2D eigenvalue weighted by molar-refractivity contribution is 0.192. The van der Waals surface area contributed by atoms with E-state index in [2.05, 4.69) is 18.0 Å². The van der Waals surface area contributed by atoms with Crippen LogP contribution in [0, 0.1) is 0 Å². The molecule has 0 aliphatic carbocycles. The first kappa shape index (κ1) is 11.4. The first-order valence-electron chi connectivity index (χ1n) is 5.77. The Morgan fingerprint density at radius 3 is 2.81 bits per heavy atom. The summed E-state index contributed by atoms with van der Waals surface area (Å²) in [4.78, 5) is 2.22. The van der Waals surface area contributed by atoms with Crippen LogP contribution in [0.15, 0.2) is 24.3 Å². The van der Waals surface area contributed by atoms with Gasteiger partial charge in [-0.2, -0.15) is 0 Å². The van der Waals surface area contributed by atoms with Gasteiger partial charge in [-0.3, -0.25) is 0 Å². The molecule has 1 aliphatic rings. The molecular weight excluding hydrogens is 202 g/mol. The molecule has 1 aromatic rings. The fraction of sp³-hybridized carbons (Fsp3) is 0.538. The normalized spacial score (nSPS) is 22.1. The first-order chi connectivity index (χ1) is 7.70. The maximum atomic E-state index is 9.74. The third-order valence-electron chi connectivity index (χ3n) is 3.22. The van der Waals surface area contributed by atoms with E-state index in [0.29, 0.717) is 6.04 Å². The predicted octanol–water partition coefficient (Wildman–Crippen LogP) is 1.97. The molecule has 1 aromatic carbocycles. The molecule has 0 spiro atoms. The molecule has 1 heterocycles. The van der Waals surface area contributed by atoms with Crippen LogP contribution in [0.25, 0.3) is 0 Å². The minimum Gasteiger partial charge on any atom is -0.389 e. The van der Waals surface area contributed by atoms with E-state index in [-0.39, 0.29) is 0 Å². The molecule has 1 N–H and O–H groups in total. The van der Waals surface area contributed by atoms with Crippen LogP contribution < -0.4 is 4.90 Å². The second-order valence-corrected chi connectivity index (χ2v) is 4.36. The number of benzene rings is 1. The van der Waals surface area contributed by atoms with Crippen molar-refractivity contribution in [3.05, 3.63) is 29.8 Å². The zero-order valence-electron chi connectivity index (χ0n) is 9.89. The second kappa shape index (κ2) is 4.85. The predicted molar refractivity (Wildman–Crippen MR) is 64.7 cm³/mol. The Kier molecular flexibility index (Phi) is 3.46. The lowest BCUT2D eigenvalue weighted by Gasteiger charge is -2.28. The number of nitrogens with zero attached hydrogens (tertiary/aromatic N) is 1. The van der Waals surface area contributed by atoms with E-state index < -0.39 is 6.10 Å². The van der Waals surface area contributed by atoms with Gasteiger partial charge in [-0.25, -0.2) is 0 Å². The molecule has 3 nitrogen and oxygen atoms in total. The summed E-state index contributed by atoms with van der Waals surface area (Å²) >= 11 is 0. The summed E-state index contributed by atoms with van der Waals surface area (Å²) in [6.45, 7) is 3.42. The number of ether oxygens (including phenoxy) is 1. The van der Waals surface area contributed by atoms with Crippen LogP contribution in [0.2, 0.25) is 0 Å². The van der Waals surface area contributed by atoms with Gasteiger partial charge in [-0.15, -0.1) is 0 Å². The highest BCUT2D eigenvalue weighted by Crippen LogP contribution is 2.28. The Morgan fingerprint density at radius 2 is 2.19 bits per heavy atom. The van der Waals surface area contributed by atoms with Gasteiger partial charge in [0.2, 0.25) is 0 Å². The number of rotatable bonds is 3. The van der Waals surface area contributed by atoms with Crippen molar-refractivity contribution < 1.29 is 9.84 Å². The Labute approximate surface area is 96.6 Å². The third-order valence-corrected chi connectivity index (χ3v) is 3.22. The minimum absolute atomic E-state index is 0.430. The number of likely N-dealkylation sites (N-methyl/N-ethyl adjacent to an activating group) is 1. The van der Waals surface area contributed by atoms with E-state index in [1.54, 1.807) is 6.92 Å². The maximum Gasteiger partial charge on any atom is 0.0781 e. The Morgan fingerprint density at radius 1 is 1.44 bits per heavy atom. The highest BCUT2D eigenvalue weighted by atomic mass is 16.5. The van der Waals surface area contributed by atoms with Gasteiger partial charge in [0, 0.05) is 24.9 Å². The van der Waals surface area contributed by atoms with Gasteiger partial charge in [-0.1, -0.05) is 18.2 Å². The van der Waals surface area contributed by atoms with E-state index in [0.717, 1.165) is 30.9 Å². The van der Waals surface area contributed by atoms with Crippen LogP contribution in [0.5, 0.6) is 0 Å². The standard InChI is InChI=1S/C13H19NO2/c1-10(15)12-5-3-4-6-13(12)14(2)11-7-8-16-9-11/h3-6,10-11,15H,7-9H2,1-2H3. The quantitative estimate of drug-likeness (QED) is 0.847. The molecule has 2 atom stereocenters. The molecule has 0 radical (unpaired) electrons. The van der Waals surface area contributed by atoms with Gasteiger partial charge >= 0.3 is 0 Å². The fourth-order valence-corrected chi connectivity index (χ4v) is 2.19. The van der Waals surface area contributed by atoms with Gasteiger partial charge in [0.1, 0.15) is 0 Å². The molecule has 0 aromatic heterocycles. The van der Waals surface area contributed by atoms with E-state index in [4.69, 9.17) is 4.74 Å². The van der Waals surface area contributed by atoms with Crippen LogP contribution in [-0.2, 0) is 4.74 Å². The number of para-hydroxylation sites is 1. The molecular formula is C13H19NO2. The fourth-order valence-electron chi connectivity index (χ4n) is 2.19. The van der Waals surface area contributed by atoms with Gasteiger partial charge in [-0.05, 0) is 19.4 Å². The van der Waals surface area contributed by atoms with E-state index in [1.165, 1.54) is 0 Å². The third kappa shape index (κ3) is 2.20. The van der Waals surface area contributed by atoms with Gasteiger partial charge < -0.3 is 14.7 Å². The second-order valence-electron chi connectivity index (χ2n) is 4.36. The Hall–Kier alpha value is -1.06. The summed E-state index contributed by atoms with van der Waals surface area (Å²) in [5.41, 5.74) is 2.09. The highest BCUT2D eigenvalue weighted by Gasteiger charge is 2.22. The van der Waals surface area contributed by atoms with Crippen molar-refractivity contribution in [3.63, 3.8) is 0 Å². The molecule has 88 valence electrons. The summed E-state index contributed by atoms with van der Waals surface area (Å²) in [7, 11) is 2.07. The van der Waals surface area contributed by atoms with Crippen LogP contribution in [-0.4, -0.2) is 31.4 Å². The molecule has 1 aliphatic heterocycles. The van der Waals surface area contributed by atoms with Crippen LogP contribution in [0.3, 0.4) is 0 Å². The molecule has 16 heavy (non-hydrogen) atoms. The van der Waals surface area contributed by atoms with Crippen molar-refractivity contribution >= 4 is 5.69 Å². The van der Waals surface area contributed by atoms with Crippen molar-refractivity contribution in [2.45, 2.75) is 25.5 Å². The monoisotopic (exact) mass is 221 g/mol. The summed E-state index contributed by atoms with van der Waals surface area (Å²) in [6, 6.07) is 8.44. The summed E-state index contributed by atoms with van der Waals surface area (Å²) in [5.74, 6) is 0. The van der Waals surface area contributed by atoms with E-state index in [1.807, 2.05) is 18.2 Å². The van der Waals surface area contributed by atoms with Crippen molar-refractivity contribution in [1.82, 2.24) is 0 Å². The van der Waals surface area contributed by atoms with Gasteiger partial charge in [0.05, 0.1) is 18.8 Å². The first-order valence-corrected chi connectivity index (χ1v) is 5.77. The average Bonchev–Trinajstić information content (AvgIpc) is 2.81. The Bertz CT molecular complexity index is 346. The lowest BCUT2D eigenvalue weighted by atomic mass is 10.1. The van der Waals surface area contributed by atoms with Gasteiger partial charge in [0.25, 0.3) is 0 Å². The molecule has 1 fully saturated rings. The molecule has 1 saturated heterocycles. The van der Waals surface area contributed by atoms with Crippen molar-refractivity contribution in [2.75, 3.05) is 25.2 Å². The van der Waals surface area contributed by atoms with E-state index >= 15 is 0 Å². The topological polar surface area (TPSA) is 32.7 Å². The molecule has 0 bridgehead atoms. The highest BCUT2D eigenvalue weighted by molar-refractivity contribution is 5.54. The number of aliphatic hydroxyl groups is 1. The largest absolute Gasteiger partial charge is 0.389 e. The van der Waals surface area contributed by atoms with Crippen molar-refractivity contribution in [1.29, 1.82) is 0 Å². The molecule has 3 heteroatoms. The van der Waals surface area contributed by atoms with Crippen LogP contribution in [0.1, 0.15) is 25.0 Å². The van der Waals surface area contributed by atoms with Gasteiger partial charge in [0.15, 0.2) is 0 Å². The molecule has 2 unspecified atom stereocenters. The number of anilines is 1. The molecule has 2 rings (SSSR count).